The first-order valence-corrected chi connectivity index (χ1v) is 7.80. The van der Waals surface area contributed by atoms with E-state index in [1.54, 1.807) is 24.3 Å². The van der Waals surface area contributed by atoms with Crippen molar-refractivity contribution < 1.29 is 22.6 Å². The molecule has 1 aliphatic heterocycles. The fourth-order valence-electron chi connectivity index (χ4n) is 2.23. The SMILES string of the molecule is Cl.FC(F)(F)Oc1cc(-c2cccc(Cl)c2Cl)ccc1OC1CNC1. The molecule has 0 spiro atoms. The van der Waals surface area contributed by atoms with E-state index in [9.17, 15) is 13.2 Å². The molecule has 3 rings (SSSR count). The standard InChI is InChI=1S/C16H12Cl2F3NO2.ClH/c17-12-3-1-2-11(15(12)18)9-4-5-13(23-10-7-22-8-10)14(6-9)24-16(19,20)21;/h1-6,10,22H,7-8H2;1H. The second-order valence-electron chi connectivity index (χ2n) is 5.21. The Kier molecular flexibility index (Phi) is 6.32. The highest BCUT2D eigenvalue weighted by molar-refractivity contribution is 6.43. The molecule has 0 saturated carbocycles. The highest BCUT2D eigenvalue weighted by atomic mass is 35.5. The van der Waals surface area contributed by atoms with Gasteiger partial charge in [0.25, 0.3) is 0 Å². The Labute approximate surface area is 158 Å². The lowest BCUT2D eigenvalue weighted by Crippen LogP contribution is -2.50. The third-order valence-electron chi connectivity index (χ3n) is 3.47. The average Bonchev–Trinajstić information content (AvgIpc) is 2.45. The monoisotopic (exact) mass is 413 g/mol. The predicted molar refractivity (Wildman–Crippen MR) is 93.1 cm³/mol. The molecule has 0 unspecified atom stereocenters. The van der Waals surface area contributed by atoms with E-state index in [2.05, 4.69) is 10.1 Å². The number of hydrogen-bond acceptors (Lipinski definition) is 3. The van der Waals surface area contributed by atoms with E-state index in [1.807, 2.05) is 0 Å². The van der Waals surface area contributed by atoms with Crippen molar-refractivity contribution in [1.82, 2.24) is 5.32 Å². The Bertz CT molecular complexity index is 752. The van der Waals surface area contributed by atoms with Gasteiger partial charge in [-0.15, -0.1) is 25.6 Å². The van der Waals surface area contributed by atoms with Gasteiger partial charge in [-0.05, 0) is 23.8 Å². The van der Waals surface area contributed by atoms with Gasteiger partial charge in [0.05, 0.1) is 10.0 Å². The number of benzene rings is 2. The van der Waals surface area contributed by atoms with Gasteiger partial charge in [0.2, 0.25) is 0 Å². The van der Waals surface area contributed by atoms with Crippen molar-refractivity contribution in [2.24, 2.45) is 0 Å². The molecule has 1 fully saturated rings. The van der Waals surface area contributed by atoms with Crippen LogP contribution in [0.5, 0.6) is 11.5 Å². The van der Waals surface area contributed by atoms with Crippen LogP contribution in [0.15, 0.2) is 36.4 Å². The summed E-state index contributed by atoms with van der Waals surface area (Å²) in [5.41, 5.74) is 0.953. The highest BCUT2D eigenvalue weighted by Crippen LogP contribution is 2.40. The van der Waals surface area contributed by atoms with Crippen LogP contribution in [0, 0.1) is 0 Å². The predicted octanol–water partition coefficient (Wildman–Crippen LogP) is 5.33. The molecule has 0 aliphatic carbocycles. The molecule has 1 N–H and O–H groups in total. The van der Waals surface area contributed by atoms with E-state index in [0.717, 1.165) is 0 Å². The number of alkyl halides is 3. The summed E-state index contributed by atoms with van der Waals surface area (Å²) in [6, 6.07) is 9.22. The minimum atomic E-state index is -4.83. The lowest BCUT2D eigenvalue weighted by atomic mass is 10.0. The molecule has 0 amide bonds. The fraction of sp³-hybridized carbons (Fsp3) is 0.250. The zero-order valence-corrected chi connectivity index (χ0v) is 14.9. The van der Waals surface area contributed by atoms with Gasteiger partial charge in [-0.1, -0.05) is 41.4 Å². The van der Waals surface area contributed by atoms with Crippen molar-refractivity contribution in [3.63, 3.8) is 0 Å². The van der Waals surface area contributed by atoms with E-state index >= 15 is 0 Å². The van der Waals surface area contributed by atoms with E-state index in [4.69, 9.17) is 27.9 Å². The zero-order valence-electron chi connectivity index (χ0n) is 12.6. The number of hydrogen-bond donors (Lipinski definition) is 1. The lowest BCUT2D eigenvalue weighted by Gasteiger charge is -2.28. The van der Waals surface area contributed by atoms with Gasteiger partial charge in [0, 0.05) is 18.7 Å². The molecule has 1 aliphatic rings. The van der Waals surface area contributed by atoms with Gasteiger partial charge in [-0.3, -0.25) is 0 Å². The molecule has 136 valence electrons. The van der Waals surface area contributed by atoms with Crippen LogP contribution in [0.2, 0.25) is 10.0 Å². The third-order valence-corrected chi connectivity index (χ3v) is 4.29. The molecular formula is C16H13Cl3F3NO2. The summed E-state index contributed by atoms with van der Waals surface area (Å²) in [5, 5.41) is 3.55. The van der Waals surface area contributed by atoms with Crippen molar-refractivity contribution in [1.29, 1.82) is 0 Å². The van der Waals surface area contributed by atoms with Crippen LogP contribution in [0.1, 0.15) is 0 Å². The maximum atomic E-state index is 12.7. The first kappa shape index (κ1) is 20.0. The van der Waals surface area contributed by atoms with E-state index in [1.165, 1.54) is 12.1 Å². The lowest BCUT2D eigenvalue weighted by molar-refractivity contribution is -0.275. The van der Waals surface area contributed by atoms with Crippen molar-refractivity contribution in [2.75, 3.05) is 13.1 Å². The minimum absolute atomic E-state index is 0. The van der Waals surface area contributed by atoms with Crippen LogP contribution >= 0.6 is 35.6 Å². The van der Waals surface area contributed by atoms with Crippen LogP contribution in [-0.2, 0) is 0 Å². The Morgan fingerprint density at radius 2 is 1.76 bits per heavy atom. The van der Waals surface area contributed by atoms with Crippen molar-refractivity contribution in [2.45, 2.75) is 12.5 Å². The van der Waals surface area contributed by atoms with Crippen LogP contribution in [-0.4, -0.2) is 25.6 Å². The largest absolute Gasteiger partial charge is 0.573 e. The molecule has 2 aromatic rings. The smallest absolute Gasteiger partial charge is 0.484 e. The molecule has 9 heteroatoms. The molecule has 1 saturated heterocycles. The normalized spacial score (nSPS) is 14.4. The van der Waals surface area contributed by atoms with Crippen LogP contribution < -0.4 is 14.8 Å². The second-order valence-corrected chi connectivity index (χ2v) is 5.99. The van der Waals surface area contributed by atoms with Crippen LogP contribution in [0.4, 0.5) is 13.2 Å². The molecule has 1 heterocycles. The van der Waals surface area contributed by atoms with Gasteiger partial charge in [-0.25, -0.2) is 0 Å². The summed E-state index contributed by atoms with van der Waals surface area (Å²) in [6.45, 7) is 1.15. The quantitative estimate of drug-likeness (QED) is 0.733. The average molecular weight is 415 g/mol. The van der Waals surface area contributed by atoms with Crippen molar-refractivity contribution in [3.8, 4) is 22.6 Å². The number of rotatable bonds is 4. The molecule has 0 bridgehead atoms. The maximum absolute atomic E-state index is 12.7. The number of nitrogens with one attached hydrogen (secondary N) is 1. The molecular weight excluding hydrogens is 402 g/mol. The van der Waals surface area contributed by atoms with Gasteiger partial charge < -0.3 is 14.8 Å². The Morgan fingerprint density at radius 1 is 1.04 bits per heavy atom. The second kappa shape index (κ2) is 7.91. The van der Waals surface area contributed by atoms with Gasteiger partial charge in [0.1, 0.15) is 6.10 Å². The summed E-state index contributed by atoms with van der Waals surface area (Å²) in [6.07, 6.45) is -5.01. The van der Waals surface area contributed by atoms with E-state index < -0.39 is 12.1 Å². The summed E-state index contributed by atoms with van der Waals surface area (Å²) >= 11 is 12.1. The van der Waals surface area contributed by atoms with Crippen LogP contribution in [0.25, 0.3) is 11.1 Å². The topological polar surface area (TPSA) is 30.5 Å². The Morgan fingerprint density at radius 3 is 2.36 bits per heavy atom. The van der Waals surface area contributed by atoms with Gasteiger partial charge in [-0.2, -0.15) is 0 Å². The van der Waals surface area contributed by atoms with Crippen LogP contribution in [0.3, 0.4) is 0 Å². The molecule has 2 aromatic carbocycles. The number of halogens is 6. The fourth-order valence-corrected chi connectivity index (χ4v) is 2.64. The maximum Gasteiger partial charge on any atom is 0.573 e. The Hall–Kier alpha value is -1.34. The zero-order chi connectivity index (χ0) is 17.3. The molecule has 0 aromatic heterocycles. The minimum Gasteiger partial charge on any atom is -0.484 e. The molecule has 0 atom stereocenters. The summed E-state index contributed by atoms with van der Waals surface area (Å²) in [5.74, 6) is -0.385. The van der Waals surface area contributed by atoms with E-state index in [0.29, 0.717) is 29.2 Å². The first-order chi connectivity index (χ1) is 11.3. The van der Waals surface area contributed by atoms with E-state index in [-0.39, 0.29) is 29.3 Å². The molecule has 0 radical (unpaired) electrons. The highest BCUT2D eigenvalue weighted by Gasteiger charge is 2.33. The number of ether oxygens (including phenoxy) is 2. The first-order valence-electron chi connectivity index (χ1n) is 7.05. The summed E-state index contributed by atoms with van der Waals surface area (Å²) in [4.78, 5) is 0. The van der Waals surface area contributed by atoms with Crippen molar-refractivity contribution in [3.05, 3.63) is 46.4 Å². The third kappa shape index (κ3) is 4.85. The Balaban J connectivity index is 0.00000225. The van der Waals surface area contributed by atoms with Gasteiger partial charge >= 0.3 is 6.36 Å². The summed E-state index contributed by atoms with van der Waals surface area (Å²) in [7, 11) is 0. The molecule has 25 heavy (non-hydrogen) atoms. The summed E-state index contributed by atoms with van der Waals surface area (Å²) < 4.78 is 47.7. The van der Waals surface area contributed by atoms with Gasteiger partial charge in [0.15, 0.2) is 11.5 Å². The van der Waals surface area contributed by atoms with Crippen molar-refractivity contribution >= 4 is 35.6 Å². The molecule has 3 nitrogen and oxygen atoms in total.